The maximum atomic E-state index is 13.5. The number of nitrogens with one attached hydrogen (secondary N) is 1. The van der Waals surface area contributed by atoms with E-state index >= 15 is 0 Å². The highest BCUT2D eigenvalue weighted by molar-refractivity contribution is 5.93. The Labute approximate surface area is 121 Å². The van der Waals surface area contributed by atoms with Gasteiger partial charge in [-0.15, -0.1) is 0 Å². The first-order chi connectivity index (χ1) is 9.90. The van der Waals surface area contributed by atoms with Gasteiger partial charge in [-0.2, -0.15) is 0 Å². The molecule has 2 N–H and O–H groups in total. The minimum atomic E-state index is -0.756. The van der Waals surface area contributed by atoms with Gasteiger partial charge in [-0.3, -0.25) is 4.79 Å². The lowest BCUT2D eigenvalue weighted by molar-refractivity contribution is -0.115. The van der Waals surface area contributed by atoms with Crippen LogP contribution >= 0.6 is 0 Å². The van der Waals surface area contributed by atoms with Crippen LogP contribution in [0.15, 0.2) is 30.3 Å². The number of aryl methyl sites for hydroxylation is 1. The summed E-state index contributed by atoms with van der Waals surface area (Å²) in [6.45, 7) is 3.39. The fourth-order valence-electron chi connectivity index (χ4n) is 2.03. The van der Waals surface area contributed by atoms with Crippen molar-refractivity contribution in [3.8, 4) is 5.75 Å². The molecule has 3 nitrogen and oxygen atoms in total. The average Bonchev–Trinajstić information content (AvgIpc) is 2.44. The Morgan fingerprint density at radius 2 is 1.76 bits per heavy atom. The summed E-state index contributed by atoms with van der Waals surface area (Å²) in [4.78, 5) is 11.9. The molecule has 2 aromatic rings. The smallest absolute Gasteiger partial charge is 0.229 e. The number of anilines is 1. The summed E-state index contributed by atoms with van der Waals surface area (Å²) in [5, 5.41) is 12.4. The van der Waals surface area contributed by atoms with Crippen molar-refractivity contribution >= 4 is 11.6 Å². The van der Waals surface area contributed by atoms with Crippen molar-refractivity contribution in [2.24, 2.45) is 0 Å². The van der Waals surface area contributed by atoms with Crippen molar-refractivity contribution < 1.29 is 18.7 Å². The Balaban J connectivity index is 2.18. The first kappa shape index (κ1) is 15.0. The molecular weight excluding hydrogens is 276 g/mol. The first-order valence-electron chi connectivity index (χ1n) is 6.42. The van der Waals surface area contributed by atoms with Crippen molar-refractivity contribution in [2.45, 2.75) is 20.3 Å². The van der Waals surface area contributed by atoms with Gasteiger partial charge in [-0.25, -0.2) is 8.78 Å². The number of rotatable bonds is 3. The van der Waals surface area contributed by atoms with Gasteiger partial charge in [-0.1, -0.05) is 12.1 Å². The number of hydrogen-bond donors (Lipinski definition) is 2. The zero-order valence-electron chi connectivity index (χ0n) is 11.7. The Morgan fingerprint density at radius 3 is 2.38 bits per heavy atom. The number of phenolic OH excluding ortho intramolecular Hbond substituents is 1. The molecule has 1 amide bonds. The van der Waals surface area contributed by atoms with Crippen LogP contribution in [0.2, 0.25) is 0 Å². The molecule has 110 valence electrons. The van der Waals surface area contributed by atoms with Crippen molar-refractivity contribution in [3.05, 3.63) is 58.7 Å². The van der Waals surface area contributed by atoms with Gasteiger partial charge in [0.2, 0.25) is 5.91 Å². The summed E-state index contributed by atoms with van der Waals surface area (Å²) in [5.74, 6) is -1.97. The predicted molar refractivity (Wildman–Crippen MR) is 76.3 cm³/mol. The maximum absolute atomic E-state index is 13.5. The molecule has 0 spiro atoms. The fraction of sp³-hybridized carbons (Fsp3) is 0.188. The number of carbonyl (C=O) groups is 1. The summed E-state index contributed by atoms with van der Waals surface area (Å²) in [7, 11) is 0. The number of hydrogen-bond acceptors (Lipinski definition) is 2. The highest BCUT2D eigenvalue weighted by atomic mass is 19.1. The van der Waals surface area contributed by atoms with Gasteiger partial charge in [0.05, 0.1) is 6.42 Å². The van der Waals surface area contributed by atoms with Crippen LogP contribution in [0, 0.1) is 25.5 Å². The summed E-state index contributed by atoms with van der Waals surface area (Å²) in [5.41, 5.74) is 1.34. The van der Waals surface area contributed by atoms with Crippen molar-refractivity contribution in [2.75, 3.05) is 5.32 Å². The molecule has 2 aromatic carbocycles. The predicted octanol–water partition coefficient (Wildman–Crippen LogP) is 3.47. The minimum absolute atomic E-state index is 0.0878. The Morgan fingerprint density at radius 1 is 1.14 bits per heavy atom. The number of phenols is 1. The van der Waals surface area contributed by atoms with Gasteiger partial charge in [-0.05, 0) is 37.6 Å². The third kappa shape index (κ3) is 3.18. The van der Waals surface area contributed by atoms with Crippen molar-refractivity contribution in [1.82, 2.24) is 0 Å². The number of aromatic hydroxyl groups is 1. The SMILES string of the molecule is Cc1ccc(NC(=O)Cc2c(F)cccc2F)c(C)c1O. The number of carbonyl (C=O) groups excluding carboxylic acids is 1. The highest BCUT2D eigenvalue weighted by Gasteiger charge is 2.14. The average molecular weight is 291 g/mol. The van der Waals surface area contributed by atoms with Crippen LogP contribution in [-0.4, -0.2) is 11.0 Å². The summed E-state index contributed by atoms with van der Waals surface area (Å²) >= 11 is 0. The van der Waals surface area contributed by atoms with Crippen LogP contribution in [0.1, 0.15) is 16.7 Å². The highest BCUT2D eigenvalue weighted by Crippen LogP contribution is 2.28. The van der Waals surface area contributed by atoms with Crippen LogP contribution in [0.5, 0.6) is 5.75 Å². The molecule has 0 aromatic heterocycles. The number of amides is 1. The molecule has 21 heavy (non-hydrogen) atoms. The van der Waals surface area contributed by atoms with E-state index in [4.69, 9.17) is 0 Å². The van der Waals surface area contributed by atoms with Crippen molar-refractivity contribution in [3.63, 3.8) is 0 Å². The molecule has 0 heterocycles. The lowest BCUT2D eigenvalue weighted by atomic mass is 10.1. The molecular formula is C16H15F2NO2. The molecule has 0 aliphatic rings. The second kappa shape index (κ2) is 5.91. The van der Waals surface area contributed by atoms with E-state index in [2.05, 4.69) is 5.32 Å². The molecule has 0 atom stereocenters. The lowest BCUT2D eigenvalue weighted by Gasteiger charge is -2.12. The zero-order chi connectivity index (χ0) is 15.6. The van der Waals surface area contributed by atoms with E-state index in [0.717, 1.165) is 12.1 Å². The van der Waals surface area contributed by atoms with Crippen molar-refractivity contribution in [1.29, 1.82) is 0 Å². The number of halogens is 2. The Hall–Kier alpha value is -2.43. The van der Waals surface area contributed by atoms with Gasteiger partial charge >= 0.3 is 0 Å². The Kier molecular flexibility index (Phi) is 4.21. The molecule has 0 bridgehead atoms. The van der Waals surface area contributed by atoms with Crippen LogP contribution in [-0.2, 0) is 11.2 Å². The summed E-state index contributed by atoms with van der Waals surface area (Å²) in [6.07, 6.45) is -0.410. The van der Waals surface area contributed by atoms with Crippen LogP contribution in [0.4, 0.5) is 14.5 Å². The molecule has 0 saturated carbocycles. The van der Waals surface area contributed by atoms with E-state index in [1.807, 2.05) is 0 Å². The monoisotopic (exact) mass is 291 g/mol. The molecule has 0 aliphatic carbocycles. The third-order valence-corrected chi connectivity index (χ3v) is 3.31. The standard InChI is InChI=1S/C16H15F2NO2/c1-9-6-7-14(10(2)16(9)21)19-15(20)8-11-12(17)4-3-5-13(11)18/h3-7,21H,8H2,1-2H3,(H,19,20). The largest absolute Gasteiger partial charge is 0.507 e. The van der Waals surface area contributed by atoms with E-state index in [1.165, 1.54) is 6.07 Å². The minimum Gasteiger partial charge on any atom is -0.507 e. The van der Waals surface area contributed by atoms with E-state index < -0.39 is 24.0 Å². The van der Waals surface area contributed by atoms with E-state index in [9.17, 15) is 18.7 Å². The van der Waals surface area contributed by atoms with Crippen LogP contribution in [0.25, 0.3) is 0 Å². The van der Waals surface area contributed by atoms with E-state index in [-0.39, 0.29) is 11.3 Å². The third-order valence-electron chi connectivity index (χ3n) is 3.31. The molecule has 0 aliphatic heterocycles. The molecule has 5 heteroatoms. The van der Waals surface area contributed by atoms with Crippen LogP contribution in [0.3, 0.4) is 0 Å². The molecule has 0 saturated heterocycles. The van der Waals surface area contributed by atoms with Gasteiger partial charge in [0.1, 0.15) is 17.4 Å². The second-order valence-corrected chi connectivity index (χ2v) is 4.83. The summed E-state index contributed by atoms with van der Waals surface area (Å²) < 4.78 is 27.0. The van der Waals surface area contributed by atoms with Crippen LogP contribution < -0.4 is 5.32 Å². The molecule has 0 radical (unpaired) electrons. The topological polar surface area (TPSA) is 49.3 Å². The quantitative estimate of drug-likeness (QED) is 0.909. The second-order valence-electron chi connectivity index (χ2n) is 4.83. The molecule has 0 unspecified atom stereocenters. The van der Waals surface area contributed by atoms with E-state index in [0.29, 0.717) is 16.8 Å². The fourth-order valence-corrected chi connectivity index (χ4v) is 2.03. The van der Waals surface area contributed by atoms with Gasteiger partial charge in [0.25, 0.3) is 0 Å². The normalized spacial score (nSPS) is 10.5. The van der Waals surface area contributed by atoms with Gasteiger partial charge in [0.15, 0.2) is 0 Å². The van der Waals surface area contributed by atoms with Gasteiger partial charge < -0.3 is 10.4 Å². The first-order valence-corrected chi connectivity index (χ1v) is 6.42. The maximum Gasteiger partial charge on any atom is 0.229 e. The molecule has 0 fully saturated rings. The van der Waals surface area contributed by atoms with Gasteiger partial charge in [0, 0.05) is 16.8 Å². The van der Waals surface area contributed by atoms with E-state index in [1.54, 1.807) is 26.0 Å². The zero-order valence-corrected chi connectivity index (χ0v) is 11.7. The summed E-state index contributed by atoms with van der Waals surface area (Å²) in [6, 6.07) is 6.75. The number of benzene rings is 2. The molecule has 2 rings (SSSR count). The lowest BCUT2D eigenvalue weighted by Crippen LogP contribution is -2.17. The Bertz CT molecular complexity index is 679.